The summed E-state index contributed by atoms with van der Waals surface area (Å²) in [6.45, 7) is 3.61. The highest BCUT2D eigenvalue weighted by Gasteiger charge is 2.11. The number of nitrogens with two attached hydrogens (primary N) is 1. The van der Waals surface area contributed by atoms with E-state index in [1.165, 1.54) is 0 Å². The van der Waals surface area contributed by atoms with Gasteiger partial charge in [0.05, 0.1) is 5.82 Å². The van der Waals surface area contributed by atoms with Crippen LogP contribution >= 0.6 is 11.8 Å². The molecule has 0 aromatic carbocycles. The van der Waals surface area contributed by atoms with Gasteiger partial charge >= 0.3 is 0 Å². The Balaban J connectivity index is 2.87. The molecular weight excluding hydrogens is 220 g/mol. The highest BCUT2D eigenvalue weighted by molar-refractivity contribution is 7.98. The van der Waals surface area contributed by atoms with Crippen LogP contribution in [-0.2, 0) is 7.05 Å². The normalized spacial score (nSPS) is 10.1. The van der Waals surface area contributed by atoms with Crippen LogP contribution in [0.4, 0.5) is 5.82 Å². The summed E-state index contributed by atoms with van der Waals surface area (Å²) in [6.07, 6.45) is 4.71. The van der Waals surface area contributed by atoms with E-state index in [-0.39, 0.29) is 0 Å². The average Bonchev–Trinajstić information content (AvgIpc) is 2.56. The quantitative estimate of drug-likeness (QED) is 0.664. The van der Waals surface area contributed by atoms with Crippen molar-refractivity contribution in [3.8, 4) is 0 Å². The predicted molar refractivity (Wildman–Crippen MR) is 72.2 cm³/mol. The van der Waals surface area contributed by atoms with Crippen molar-refractivity contribution < 1.29 is 0 Å². The second kappa shape index (κ2) is 5.65. The molecule has 0 amide bonds. The van der Waals surface area contributed by atoms with Gasteiger partial charge in [0.25, 0.3) is 0 Å². The van der Waals surface area contributed by atoms with Crippen LogP contribution in [0.1, 0.15) is 12.0 Å². The number of aromatic nitrogens is 1. The molecule has 0 fully saturated rings. The van der Waals surface area contributed by atoms with E-state index in [1.54, 1.807) is 11.8 Å². The Labute approximate surface area is 100 Å². The summed E-state index contributed by atoms with van der Waals surface area (Å²) in [6, 6.07) is 1.92. The van der Waals surface area contributed by atoms with Gasteiger partial charge in [-0.25, -0.2) is 0 Å². The number of thioether (sulfide) groups is 1. The fourth-order valence-electron chi connectivity index (χ4n) is 1.42. The monoisotopic (exact) mass is 238 g/mol. The van der Waals surface area contributed by atoms with Crippen LogP contribution in [0.2, 0.25) is 0 Å². The third kappa shape index (κ3) is 3.06. The third-order valence-electron chi connectivity index (χ3n) is 2.23. The number of rotatable bonds is 6. The van der Waals surface area contributed by atoms with E-state index in [1.807, 2.05) is 30.1 Å². The number of anilines is 1. The first-order chi connectivity index (χ1) is 7.56. The fraction of sp³-hybridized carbons (Fsp3) is 0.364. The number of nitrogens with zero attached hydrogens (tertiary/aromatic N) is 1. The Kier molecular flexibility index (Phi) is 4.49. The van der Waals surface area contributed by atoms with Crippen molar-refractivity contribution in [2.75, 3.05) is 17.3 Å². The molecule has 4 N–H and O–H groups in total. The van der Waals surface area contributed by atoms with Crippen molar-refractivity contribution in [3.05, 3.63) is 30.2 Å². The number of hydrogen-bond donors (Lipinski definition) is 3. The van der Waals surface area contributed by atoms with Crippen LogP contribution in [-0.4, -0.2) is 22.3 Å². The lowest BCUT2D eigenvalue weighted by Gasteiger charge is -2.10. The molecule has 1 rings (SSSR count). The van der Waals surface area contributed by atoms with Crippen LogP contribution < -0.4 is 11.1 Å². The van der Waals surface area contributed by atoms with E-state index in [4.69, 9.17) is 11.1 Å². The van der Waals surface area contributed by atoms with Gasteiger partial charge in [-0.1, -0.05) is 6.58 Å². The molecule has 0 atom stereocenters. The van der Waals surface area contributed by atoms with Gasteiger partial charge in [-0.15, -0.1) is 0 Å². The predicted octanol–water partition coefficient (Wildman–Crippen LogP) is 1.99. The average molecular weight is 238 g/mol. The standard InChI is InChI=1S/C11H18N4S/c1-8(12)14-11-9(4-6-15(11)2)10(13)5-7-16-3/h4,6,13-14H,1,5,7,12H2,2-3H3. The highest BCUT2D eigenvalue weighted by atomic mass is 32.2. The second-order valence-corrected chi connectivity index (χ2v) is 4.55. The van der Waals surface area contributed by atoms with Crippen molar-refractivity contribution in [1.82, 2.24) is 4.57 Å². The topological polar surface area (TPSA) is 66.8 Å². The molecule has 0 radical (unpaired) electrons. The van der Waals surface area contributed by atoms with Crippen LogP contribution in [0.5, 0.6) is 0 Å². The van der Waals surface area contributed by atoms with Gasteiger partial charge in [0.1, 0.15) is 5.82 Å². The molecule has 0 spiro atoms. The van der Waals surface area contributed by atoms with Gasteiger partial charge in [0, 0.05) is 24.5 Å². The molecule has 0 unspecified atom stereocenters. The summed E-state index contributed by atoms with van der Waals surface area (Å²) in [5, 5.41) is 11.0. The van der Waals surface area contributed by atoms with Gasteiger partial charge < -0.3 is 21.0 Å². The highest BCUT2D eigenvalue weighted by Crippen LogP contribution is 2.19. The van der Waals surface area contributed by atoms with Gasteiger partial charge in [-0.2, -0.15) is 11.8 Å². The van der Waals surface area contributed by atoms with Crippen molar-refractivity contribution in [3.63, 3.8) is 0 Å². The zero-order valence-electron chi connectivity index (χ0n) is 9.71. The minimum absolute atomic E-state index is 0.390. The SMILES string of the molecule is C=C(N)Nc1c(C(=N)CCSC)ccn1C. The molecular formula is C11H18N4S. The van der Waals surface area contributed by atoms with Crippen LogP contribution in [0, 0.1) is 5.41 Å². The van der Waals surface area contributed by atoms with Crippen LogP contribution in [0.3, 0.4) is 0 Å². The van der Waals surface area contributed by atoms with E-state index in [0.717, 1.165) is 23.6 Å². The number of hydrogen-bond acceptors (Lipinski definition) is 4. The molecule has 88 valence electrons. The summed E-state index contributed by atoms with van der Waals surface area (Å²) in [5.41, 5.74) is 7.04. The molecule has 0 aliphatic heterocycles. The summed E-state index contributed by atoms with van der Waals surface area (Å²) >= 11 is 1.74. The molecule has 1 aromatic rings. The van der Waals surface area contributed by atoms with Gasteiger partial charge in [0.2, 0.25) is 0 Å². The van der Waals surface area contributed by atoms with E-state index < -0.39 is 0 Å². The first-order valence-corrected chi connectivity index (χ1v) is 6.39. The zero-order chi connectivity index (χ0) is 12.1. The molecule has 1 aromatic heterocycles. The third-order valence-corrected chi connectivity index (χ3v) is 2.85. The smallest absolute Gasteiger partial charge is 0.120 e. The zero-order valence-corrected chi connectivity index (χ0v) is 10.5. The Hall–Kier alpha value is -1.36. The van der Waals surface area contributed by atoms with Gasteiger partial charge in [0.15, 0.2) is 0 Å². The lowest BCUT2D eigenvalue weighted by Crippen LogP contribution is -2.13. The molecule has 4 nitrogen and oxygen atoms in total. The van der Waals surface area contributed by atoms with Gasteiger partial charge in [-0.05, 0) is 24.5 Å². The molecule has 1 heterocycles. The van der Waals surface area contributed by atoms with E-state index in [9.17, 15) is 0 Å². The maximum atomic E-state index is 7.99. The maximum Gasteiger partial charge on any atom is 0.120 e. The first-order valence-electron chi connectivity index (χ1n) is 4.99. The molecule has 0 aliphatic rings. The Bertz CT molecular complexity index is 395. The summed E-state index contributed by atoms with van der Waals surface area (Å²) in [5.74, 6) is 2.18. The molecule has 0 saturated heterocycles. The fourth-order valence-corrected chi connectivity index (χ4v) is 1.83. The van der Waals surface area contributed by atoms with Gasteiger partial charge in [-0.3, -0.25) is 0 Å². The minimum atomic E-state index is 0.390. The Morgan fingerprint density at radius 1 is 1.69 bits per heavy atom. The van der Waals surface area contributed by atoms with Crippen molar-refractivity contribution in [2.24, 2.45) is 12.8 Å². The molecule has 0 saturated carbocycles. The largest absolute Gasteiger partial charge is 0.386 e. The lowest BCUT2D eigenvalue weighted by molar-refractivity contribution is 0.929. The Morgan fingerprint density at radius 2 is 2.38 bits per heavy atom. The maximum absolute atomic E-state index is 7.99. The summed E-state index contributed by atoms with van der Waals surface area (Å²) in [7, 11) is 1.91. The van der Waals surface area contributed by atoms with Crippen molar-refractivity contribution >= 4 is 23.3 Å². The van der Waals surface area contributed by atoms with E-state index in [2.05, 4.69) is 11.9 Å². The van der Waals surface area contributed by atoms with E-state index in [0.29, 0.717) is 11.5 Å². The first kappa shape index (κ1) is 12.7. The lowest BCUT2D eigenvalue weighted by atomic mass is 10.1. The molecule has 16 heavy (non-hydrogen) atoms. The number of nitrogens with one attached hydrogen (secondary N) is 2. The van der Waals surface area contributed by atoms with Crippen LogP contribution in [0.15, 0.2) is 24.7 Å². The van der Waals surface area contributed by atoms with Crippen molar-refractivity contribution in [2.45, 2.75) is 6.42 Å². The van der Waals surface area contributed by atoms with Crippen molar-refractivity contribution in [1.29, 1.82) is 5.41 Å². The Morgan fingerprint density at radius 3 is 2.94 bits per heavy atom. The van der Waals surface area contributed by atoms with Crippen LogP contribution in [0.25, 0.3) is 0 Å². The summed E-state index contributed by atoms with van der Waals surface area (Å²) < 4.78 is 1.90. The van der Waals surface area contributed by atoms with E-state index >= 15 is 0 Å². The summed E-state index contributed by atoms with van der Waals surface area (Å²) in [4.78, 5) is 0. The second-order valence-electron chi connectivity index (χ2n) is 3.56. The molecule has 0 bridgehead atoms. The molecule has 5 heteroatoms. The molecule has 0 aliphatic carbocycles. The minimum Gasteiger partial charge on any atom is -0.386 e. The number of aryl methyl sites for hydroxylation is 1.